The molecule has 0 saturated carbocycles. The zero-order valence-corrected chi connectivity index (χ0v) is 10.8. The maximum absolute atomic E-state index is 10.2. The van der Waals surface area contributed by atoms with Crippen LogP contribution in [0.1, 0.15) is 34.6 Å². The molecule has 0 radical (unpaired) electrons. The minimum absolute atomic E-state index is 0.501. The van der Waals surface area contributed by atoms with Gasteiger partial charge < -0.3 is 14.9 Å². The van der Waals surface area contributed by atoms with Crippen molar-refractivity contribution in [3.63, 3.8) is 0 Å². The fourth-order valence-corrected chi connectivity index (χ4v) is 0.453. The number of rotatable bonds is 3. The molecule has 0 fully saturated rings. The summed E-state index contributed by atoms with van der Waals surface area (Å²) in [4.78, 5) is 31.5. The van der Waals surface area contributed by atoms with Gasteiger partial charge in [-0.05, 0) is 20.8 Å². The molecule has 0 heterocycles. The van der Waals surface area contributed by atoms with E-state index >= 15 is 0 Å². The van der Waals surface area contributed by atoms with Crippen molar-refractivity contribution in [2.75, 3.05) is 0 Å². The predicted octanol–water partition coefficient (Wildman–Crippen LogP) is 2.32. The Morgan fingerprint density at radius 2 is 1.28 bits per heavy atom. The van der Waals surface area contributed by atoms with Gasteiger partial charge in [0.2, 0.25) is 5.79 Å². The lowest BCUT2D eigenvalue weighted by Gasteiger charge is -2.26. The summed E-state index contributed by atoms with van der Waals surface area (Å²) in [6.45, 7) is 8.25. The summed E-state index contributed by atoms with van der Waals surface area (Å²) in [6.07, 6.45) is -3.09. The molecule has 0 aromatic rings. The summed E-state index contributed by atoms with van der Waals surface area (Å²) in [7, 11) is 0. The van der Waals surface area contributed by atoms with Crippen molar-refractivity contribution in [3.05, 3.63) is 0 Å². The first-order chi connectivity index (χ1) is 7.89. The van der Waals surface area contributed by atoms with Crippen molar-refractivity contribution >= 4 is 12.3 Å². The maximum Gasteiger partial charge on any atom is 0.537 e. The Morgan fingerprint density at radius 1 is 0.889 bits per heavy atom. The average molecular weight is 270 g/mol. The smallest absolute Gasteiger partial charge is 0.450 e. The topological polar surface area (TPSA) is 132 Å². The number of hydrogen-bond donors (Lipinski definition) is 3. The first-order valence-electron chi connectivity index (χ1n) is 4.73. The molecule has 108 valence electrons. The number of ether oxygens (including phenoxy) is 1. The van der Waals surface area contributed by atoms with Crippen LogP contribution in [0.15, 0.2) is 0 Å². The Balaban J connectivity index is 0. The van der Waals surface area contributed by atoms with E-state index in [1.807, 2.05) is 0 Å². The second kappa shape index (κ2) is 7.69. The average Bonchev–Trinajstić information content (AvgIpc) is 2.13. The molecule has 0 aliphatic heterocycles. The highest BCUT2D eigenvalue weighted by Gasteiger charge is 2.27. The number of carboxylic acid groups (broad SMARTS) is 2. The Morgan fingerprint density at radius 3 is 1.50 bits per heavy atom. The highest BCUT2D eigenvalue weighted by molar-refractivity contribution is 5.57. The van der Waals surface area contributed by atoms with Gasteiger partial charge in [-0.1, -0.05) is 0 Å². The third kappa shape index (κ3) is 16.8. The normalized spacial score (nSPS) is 11.0. The summed E-state index contributed by atoms with van der Waals surface area (Å²) in [5.74, 6) is -1.29. The molecule has 0 saturated heterocycles. The summed E-state index contributed by atoms with van der Waals surface area (Å²) < 4.78 is 4.40. The molecule has 0 atom stereocenters. The van der Waals surface area contributed by atoms with Crippen molar-refractivity contribution in [2.24, 2.45) is 0 Å². The predicted molar refractivity (Wildman–Crippen MR) is 56.9 cm³/mol. The third-order valence-corrected chi connectivity index (χ3v) is 0.904. The minimum Gasteiger partial charge on any atom is -0.450 e. The van der Waals surface area contributed by atoms with E-state index in [1.165, 1.54) is 13.8 Å². The Hall–Kier alpha value is -1.58. The number of hydrogen-bond acceptors (Lipinski definition) is 7. The zero-order chi connectivity index (χ0) is 15.0. The molecular formula is C9H18O9. The van der Waals surface area contributed by atoms with Crippen LogP contribution in [-0.2, 0) is 19.4 Å². The van der Waals surface area contributed by atoms with Gasteiger partial charge in [-0.15, -0.1) is 0 Å². The summed E-state index contributed by atoms with van der Waals surface area (Å²) in [5, 5.41) is 22.6. The fraction of sp³-hybridized carbons (Fsp3) is 0.778. The molecule has 0 spiro atoms. The van der Waals surface area contributed by atoms with Gasteiger partial charge in [-0.3, -0.25) is 4.89 Å². The zero-order valence-electron chi connectivity index (χ0n) is 10.8. The van der Waals surface area contributed by atoms with Gasteiger partial charge in [-0.25, -0.2) is 14.5 Å². The van der Waals surface area contributed by atoms with Crippen LogP contribution in [0.2, 0.25) is 0 Å². The first-order valence-corrected chi connectivity index (χ1v) is 4.73. The van der Waals surface area contributed by atoms with E-state index in [1.54, 1.807) is 20.8 Å². The molecule has 0 aliphatic carbocycles. The van der Waals surface area contributed by atoms with Crippen molar-refractivity contribution in [2.45, 2.75) is 46.0 Å². The molecule has 0 amide bonds. The quantitative estimate of drug-likeness (QED) is 0.306. The van der Waals surface area contributed by atoms with E-state index in [0.717, 1.165) is 0 Å². The van der Waals surface area contributed by atoms with E-state index in [9.17, 15) is 4.79 Å². The molecule has 0 aromatic heterocycles. The van der Waals surface area contributed by atoms with Crippen molar-refractivity contribution in [3.8, 4) is 0 Å². The Bertz CT molecular complexity index is 266. The van der Waals surface area contributed by atoms with Gasteiger partial charge in [0, 0.05) is 13.8 Å². The van der Waals surface area contributed by atoms with Crippen molar-refractivity contribution in [1.82, 2.24) is 0 Å². The second-order valence-corrected chi connectivity index (χ2v) is 4.40. The molecule has 0 aromatic carbocycles. The summed E-state index contributed by atoms with van der Waals surface area (Å²) in [5.41, 5.74) is -0.501. The van der Waals surface area contributed by atoms with Gasteiger partial charge in [0.15, 0.2) is 0 Å². The van der Waals surface area contributed by atoms with Gasteiger partial charge >= 0.3 is 12.3 Å². The van der Waals surface area contributed by atoms with Crippen LogP contribution < -0.4 is 0 Å². The first kappa shape index (κ1) is 18.8. The van der Waals surface area contributed by atoms with Crippen LogP contribution in [0.4, 0.5) is 9.59 Å². The standard InChI is InChI=1S/C8H16O5.CH2O4/c1-7(2,3)12-13-8(4,5)11-6(9)10;2-1(3)5-4/h1-5H3,(H,9,10);4H,(H,2,3). The largest absolute Gasteiger partial charge is 0.537 e. The molecular weight excluding hydrogens is 252 g/mol. The van der Waals surface area contributed by atoms with Crippen LogP contribution in [0.25, 0.3) is 0 Å². The van der Waals surface area contributed by atoms with Crippen molar-refractivity contribution in [1.29, 1.82) is 0 Å². The molecule has 18 heavy (non-hydrogen) atoms. The van der Waals surface area contributed by atoms with Crippen LogP contribution in [0, 0.1) is 0 Å². The molecule has 0 unspecified atom stereocenters. The van der Waals surface area contributed by atoms with E-state index in [-0.39, 0.29) is 0 Å². The van der Waals surface area contributed by atoms with E-state index in [0.29, 0.717) is 0 Å². The molecule has 0 aliphatic rings. The highest BCUT2D eigenvalue weighted by Crippen LogP contribution is 2.17. The van der Waals surface area contributed by atoms with Crippen molar-refractivity contribution < 1.29 is 44.5 Å². The third-order valence-electron chi connectivity index (χ3n) is 0.904. The van der Waals surface area contributed by atoms with E-state index in [2.05, 4.69) is 9.62 Å². The SMILES string of the molecule is CC(C)(C)OOC(C)(C)OC(=O)O.O=C(O)OO. The molecule has 9 nitrogen and oxygen atoms in total. The van der Waals surface area contributed by atoms with Gasteiger partial charge in [0.25, 0.3) is 0 Å². The minimum atomic E-state index is -1.69. The molecule has 9 heteroatoms. The lowest BCUT2D eigenvalue weighted by molar-refractivity contribution is -0.440. The summed E-state index contributed by atoms with van der Waals surface area (Å²) >= 11 is 0. The maximum atomic E-state index is 10.2. The van der Waals surface area contributed by atoms with Crippen LogP contribution in [0.5, 0.6) is 0 Å². The monoisotopic (exact) mass is 270 g/mol. The second-order valence-electron chi connectivity index (χ2n) is 4.40. The molecule has 0 rings (SSSR count). The van der Waals surface area contributed by atoms with E-state index in [4.69, 9.17) is 30.0 Å². The highest BCUT2D eigenvalue weighted by atomic mass is 17.2. The number of carbonyl (C=O) groups is 2. The van der Waals surface area contributed by atoms with Gasteiger partial charge in [-0.2, -0.15) is 10.1 Å². The van der Waals surface area contributed by atoms with E-state index < -0.39 is 23.7 Å². The Kier molecular flexibility index (Phi) is 8.02. The van der Waals surface area contributed by atoms with Gasteiger partial charge in [0.05, 0.1) is 5.60 Å². The lowest BCUT2D eigenvalue weighted by Crippen LogP contribution is -2.34. The fourth-order valence-electron chi connectivity index (χ4n) is 0.453. The molecule has 0 bridgehead atoms. The van der Waals surface area contributed by atoms with Crippen LogP contribution in [-0.4, -0.2) is 39.2 Å². The van der Waals surface area contributed by atoms with Crippen LogP contribution >= 0.6 is 0 Å². The summed E-state index contributed by atoms with van der Waals surface area (Å²) in [6, 6.07) is 0. The van der Waals surface area contributed by atoms with Crippen LogP contribution in [0.3, 0.4) is 0 Å². The van der Waals surface area contributed by atoms with Gasteiger partial charge in [0.1, 0.15) is 0 Å². The lowest BCUT2D eigenvalue weighted by atomic mass is 10.2. The molecule has 3 N–H and O–H groups in total. The Labute approximate surface area is 104 Å².